The number of ketones is 1. The van der Waals surface area contributed by atoms with Gasteiger partial charge >= 0.3 is 5.97 Å². The molecule has 2 aromatic carbocycles. The van der Waals surface area contributed by atoms with Crippen LogP contribution in [0.15, 0.2) is 36.4 Å². The van der Waals surface area contributed by atoms with E-state index in [9.17, 15) is 9.59 Å². The highest BCUT2D eigenvalue weighted by Gasteiger charge is 2.18. The van der Waals surface area contributed by atoms with Crippen LogP contribution in [0.25, 0.3) is 0 Å². The third kappa shape index (κ3) is 3.63. The standard InChI is InChI=1S/C17H12Cl2O5/c18-11-2-3-12(13(19)8-11)14(20)9-24-17(21)10-1-4-15-16(7-10)23-6-5-22-15/h1-4,7-8H,5-6,9H2. The second kappa shape index (κ2) is 7.11. The summed E-state index contributed by atoms with van der Waals surface area (Å²) in [5.41, 5.74) is 0.519. The second-order valence-corrected chi connectivity index (χ2v) is 5.83. The van der Waals surface area contributed by atoms with E-state index in [1.54, 1.807) is 18.2 Å². The highest BCUT2D eigenvalue weighted by Crippen LogP contribution is 2.31. The lowest BCUT2D eigenvalue weighted by molar-refractivity contribution is 0.0474. The van der Waals surface area contributed by atoms with E-state index in [1.165, 1.54) is 18.2 Å². The van der Waals surface area contributed by atoms with Gasteiger partial charge in [-0.05, 0) is 36.4 Å². The number of fused-ring (bicyclic) bond motifs is 1. The van der Waals surface area contributed by atoms with Gasteiger partial charge in [-0.3, -0.25) is 4.79 Å². The number of rotatable bonds is 4. The van der Waals surface area contributed by atoms with Crippen LogP contribution in [0.1, 0.15) is 20.7 Å². The topological polar surface area (TPSA) is 61.8 Å². The molecule has 1 aliphatic heterocycles. The van der Waals surface area contributed by atoms with Crippen molar-refractivity contribution in [1.29, 1.82) is 0 Å². The summed E-state index contributed by atoms with van der Waals surface area (Å²) in [5, 5.41) is 0.632. The van der Waals surface area contributed by atoms with E-state index in [4.69, 9.17) is 37.4 Å². The number of halogens is 2. The third-order valence-corrected chi connectivity index (χ3v) is 3.89. The van der Waals surface area contributed by atoms with Gasteiger partial charge < -0.3 is 14.2 Å². The molecule has 124 valence electrons. The molecule has 0 saturated heterocycles. The molecular formula is C17H12Cl2O5. The zero-order chi connectivity index (χ0) is 17.1. The molecule has 0 amide bonds. The minimum Gasteiger partial charge on any atom is -0.486 e. The number of carbonyl (C=O) groups is 2. The molecule has 0 aliphatic carbocycles. The van der Waals surface area contributed by atoms with Crippen molar-refractivity contribution in [2.75, 3.05) is 19.8 Å². The first-order valence-corrected chi connectivity index (χ1v) is 7.85. The highest BCUT2D eigenvalue weighted by molar-refractivity contribution is 6.36. The third-order valence-electron chi connectivity index (χ3n) is 3.34. The van der Waals surface area contributed by atoms with Crippen molar-refractivity contribution in [3.63, 3.8) is 0 Å². The molecule has 0 radical (unpaired) electrons. The summed E-state index contributed by atoms with van der Waals surface area (Å²) in [7, 11) is 0. The Balaban J connectivity index is 1.66. The van der Waals surface area contributed by atoms with Crippen LogP contribution in [-0.4, -0.2) is 31.6 Å². The summed E-state index contributed by atoms with van der Waals surface area (Å²) in [4.78, 5) is 24.2. The molecule has 0 unspecified atom stereocenters. The van der Waals surface area contributed by atoms with Gasteiger partial charge in [0.2, 0.25) is 5.78 Å². The first-order valence-electron chi connectivity index (χ1n) is 7.09. The van der Waals surface area contributed by atoms with Crippen LogP contribution in [0.4, 0.5) is 0 Å². The van der Waals surface area contributed by atoms with Gasteiger partial charge in [-0.1, -0.05) is 23.2 Å². The largest absolute Gasteiger partial charge is 0.486 e. The van der Waals surface area contributed by atoms with Gasteiger partial charge in [-0.2, -0.15) is 0 Å². The molecule has 2 aromatic rings. The summed E-state index contributed by atoms with van der Waals surface area (Å²) in [6.45, 7) is 0.459. The van der Waals surface area contributed by atoms with Gasteiger partial charge in [-0.25, -0.2) is 4.79 Å². The highest BCUT2D eigenvalue weighted by atomic mass is 35.5. The molecule has 1 aliphatic rings. The summed E-state index contributed by atoms with van der Waals surface area (Å²) in [6.07, 6.45) is 0. The Bertz CT molecular complexity index is 804. The molecule has 0 atom stereocenters. The fourth-order valence-electron chi connectivity index (χ4n) is 2.18. The van der Waals surface area contributed by atoms with Crippen molar-refractivity contribution in [3.05, 3.63) is 57.6 Å². The SMILES string of the molecule is O=C(OCC(=O)c1ccc(Cl)cc1Cl)c1ccc2c(c1)OCCO2. The Morgan fingerprint density at radius 3 is 2.50 bits per heavy atom. The fourth-order valence-corrected chi connectivity index (χ4v) is 2.69. The molecule has 0 spiro atoms. The van der Waals surface area contributed by atoms with E-state index in [2.05, 4.69) is 0 Å². The van der Waals surface area contributed by atoms with Crippen LogP contribution in [0.3, 0.4) is 0 Å². The minimum absolute atomic E-state index is 0.211. The molecule has 7 heteroatoms. The van der Waals surface area contributed by atoms with E-state index >= 15 is 0 Å². The predicted octanol–water partition coefficient (Wildman–Crippen LogP) is 3.80. The van der Waals surface area contributed by atoms with Crippen molar-refractivity contribution in [3.8, 4) is 11.5 Å². The first kappa shape index (κ1) is 16.6. The normalized spacial score (nSPS) is 12.6. The molecule has 24 heavy (non-hydrogen) atoms. The lowest BCUT2D eigenvalue weighted by Crippen LogP contribution is -2.17. The van der Waals surface area contributed by atoms with Crippen molar-refractivity contribution in [1.82, 2.24) is 0 Å². The molecule has 0 N–H and O–H groups in total. The summed E-state index contributed by atoms with van der Waals surface area (Å²) < 4.78 is 15.8. The Morgan fingerprint density at radius 1 is 1.00 bits per heavy atom. The maximum absolute atomic E-state index is 12.1. The zero-order valence-electron chi connectivity index (χ0n) is 12.4. The summed E-state index contributed by atoms with van der Waals surface area (Å²) in [5.74, 6) is -0.00226. The molecular weight excluding hydrogens is 355 g/mol. The van der Waals surface area contributed by atoms with Gasteiger partial charge in [0.05, 0.1) is 10.6 Å². The van der Waals surface area contributed by atoms with Crippen LogP contribution < -0.4 is 9.47 Å². The van der Waals surface area contributed by atoms with E-state index in [1.807, 2.05) is 0 Å². The van der Waals surface area contributed by atoms with Crippen LogP contribution in [0.5, 0.6) is 11.5 Å². The first-order chi connectivity index (χ1) is 11.5. The Morgan fingerprint density at radius 2 is 1.75 bits per heavy atom. The van der Waals surface area contributed by atoms with Crippen molar-refractivity contribution in [2.45, 2.75) is 0 Å². The van der Waals surface area contributed by atoms with Crippen LogP contribution in [0, 0.1) is 0 Å². The zero-order valence-corrected chi connectivity index (χ0v) is 13.9. The molecule has 0 aromatic heterocycles. The number of hydrogen-bond acceptors (Lipinski definition) is 5. The average molecular weight is 367 g/mol. The molecule has 0 fully saturated rings. The van der Waals surface area contributed by atoms with E-state index in [0.717, 1.165) is 0 Å². The number of esters is 1. The smallest absolute Gasteiger partial charge is 0.338 e. The molecule has 3 rings (SSSR count). The second-order valence-electron chi connectivity index (χ2n) is 4.98. The number of Topliss-reactive ketones (excluding diaryl/α,β-unsaturated/α-hetero) is 1. The maximum Gasteiger partial charge on any atom is 0.338 e. The lowest BCUT2D eigenvalue weighted by Gasteiger charge is -2.18. The van der Waals surface area contributed by atoms with E-state index in [0.29, 0.717) is 29.7 Å². The Labute approximate surface area is 148 Å². The van der Waals surface area contributed by atoms with Gasteiger partial charge in [-0.15, -0.1) is 0 Å². The number of hydrogen-bond donors (Lipinski definition) is 0. The Kier molecular flexibility index (Phi) is 4.92. The van der Waals surface area contributed by atoms with Crippen LogP contribution >= 0.6 is 23.2 Å². The number of benzene rings is 2. The van der Waals surface area contributed by atoms with Gasteiger partial charge in [0, 0.05) is 10.6 Å². The number of ether oxygens (including phenoxy) is 3. The van der Waals surface area contributed by atoms with E-state index < -0.39 is 18.4 Å². The van der Waals surface area contributed by atoms with Crippen LogP contribution in [0.2, 0.25) is 10.0 Å². The lowest BCUT2D eigenvalue weighted by atomic mass is 10.1. The summed E-state index contributed by atoms with van der Waals surface area (Å²) >= 11 is 11.7. The molecule has 0 bridgehead atoms. The monoisotopic (exact) mass is 366 g/mol. The fraction of sp³-hybridized carbons (Fsp3) is 0.176. The minimum atomic E-state index is -0.634. The Hall–Kier alpha value is -2.24. The number of carbonyl (C=O) groups excluding carboxylic acids is 2. The van der Waals surface area contributed by atoms with E-state index in [-0.39, 0.29) is 16.1 Å². The summed E-state index contributed by atoms with van der Waals surface area (Å²) in [6, 6.07) is 9.20. The maximum atomic E-state index is 12.1. The van der Waals surface area contributed by atoms with Crippen molar-refractivity contribution in [2.24, 2.45) is 0 Å². The predicted molar refractivity (Wildman–Crippen MR) is 88.5 cm³/mol. The van der Waals surface area contributed by atoms with Gasteiger partial charge in [0.15, 0.2) is 18.1 Å². The van der Waals surface area contributed by atoms with Crippen LogP contribution in [-0.2, 0) is 4.74 Å². The quantitative estimate of drug-likeness (QED) is 0.608. The van der Waals surface area contributed by atoms with Crippen molar-refractivity contribution < 1.29 is 23.8 Å². The molecule has 5 nitrogen and oxygen atoms in total. The van der Waals surface area contributed by atoms with Gasteiger partial charge in [0.1, 0.15) is 13.2 Å². The van der Waals surface area contributed by atoms with Crippen molar-refractivity contribution >= 4 is 35.0 Å². The van der Waals surface area contributed by atoms with Gasteiger partial charge in [0.25, 0.3) is 0 Å². The average Bonchev–Trinajstić information content (AvgIpc) is 2.59. The molecule has 1 heterocycles. The molecule has 0 saturated carbocycles.